The van der Waals surface area contributed by atoms with Gasteiger partial charge in [0.1, 0.15) is 0 Å². The van der Waals surface area contributed by atoms with Gasteiger partial charge < -0.3 is 10.0 Å². The highest BCUT2D eigenvalue weighted by Gasteiger charge is 2.50. The van der Waals surface area contributed by atoms with Gasteiger partial charge in [0.2, 0.25) is 5.91 Å². The van der Waals surface area contributed by atoms with Crippen LogP contribution < -0.4 is 0 Å². The number of likely N-dealkylation sites (tertiary alicyclic amines) is 1. The molecule has 4 rings (SSSR count). The summed E-state index contributed by atoms with van der Waals surface area (Å²) in [6.07, 6.45) is 3.05. The molecule has 0 spiro atoms. The van der Waals surface area contributed by atoms with Crippen LogP contribution in [0.1, 0.15) is 25.3 Å². The molecule has 2 aliphatic rings. The summed E-state index contributed by atoms with van der Waals surface area (Å²) < 4.78 is 0. The average molecular weight is 320 g/mol. The van der Waals surface area contributed by atoms with Crippen molar-refractivity contribution in [2.75, 3.05) is 13.1 Å². The van der Waals surface area contributed by atoms with Crippen molar-refractivity contribution in [1.29, 1.82) is 0 Å². The number of halogens is 1. The number of amides is 1. The lowest BCUT2D eigenvalue weighted by molar-refractivity contribution is -0.128. The highest BCUT2D eigenvalue weighted by molar-refractivity contribution is 6.31. The van der Waals surface area contributed by atoms with Crippen molar-refractivity contribution in [2.45, 2.75) is 25.4 Å². The summed E-state index contributed by atoms with van der Waals surface area (Å²) in [7, 11) is 0. The van der Waals surface area contributed by atoms with Gasteiger partial charge in [-0.3, -0.25) is 9.89 Å². The summed E-state index contributed by atoms with van der Waals surface area (Å²) in [6.45, 7) is 3.10. The van der Waals surface area contributed by atoms with E-state index in [1.807, 2.05) is 17.0 Å². The normalized spacial score (nSPS) is 31.0. The number of aromatic nitrogens is 2. The minimum Gasteiger partial charge on any atom is -0.385 e. The summed E-state index contributed by atoms with van der Waals surface area (Å²) in [5, 5.41) is 19.8. The predicted molar refractivity (Wildman–Crippen MR) is 83.5 cm³/mol. The van der Waals surface area contributed by atoms with E-state index in [2.05, 4.69) is 10.2 Å². The highest BCUT2D eigenvalue weighted by Crippen LogP contribution is 2.50. The minimum absolute atomic E-state index is 0.122. The SMILES string of the molecule is CC(=O)N1C[C@@H]2C[C@](O)(c3cc(Cl)cc4cn[nH]c34)C[C@@H]2C1. The third-order valence-electron chi connectivity index (χ3n) is 5.24. The second-order valence-electron chi connectivity index (χ2n) is 6.67. The van der Waals surface area contributed by atoms with Crippen LogP contribution in [0.25, 0.3) is 10.9 Å². The number of aliphatic hydroxyl groups is 1. The molecule has 1 aliphatic carbocycles. The summed E-state index contributed by atoms with van der Waals surface area (Å²) in [4.78, 5) is 13.4. The molecule has 0 bridgehead atoms. The predicted octanol–water partition coefficient (Wildman–Crippen LogP) is 2.29. The summed E-state index contributed by atoms with van der Waals surface area (Å²) in [6, 6.07) is 3.69. The topological polar surface area (TPSA) is 69.2 Å². The number of fused-ring (bicyclic) bond motifs is 2. The number of benzene rings is 1. The minimum atomic E-state index is -0.895. The van der Waals surface area contributed by atoms with E-state index in [0.717, 1.165) is 29.6 Å². The molecule has 1 amide bonds. The fraction of sp³-hybridized carbons (Fsp3) is 0.500. The van der Waals surface area contributed by atoms with E-state index in [1.54, 1.807) is 13.1 Å². The van der Waals surface area contributed by atoms with Crippen LogP contribution in [-0.2, 0) is 10.4 Å². The molecule has 0 radical (unpaired) electrons. The Morgan fingerprint density at radius 2 is 2.09 bits per heavy atom. The van der Waals surface area contributed by atoms with Crippen molar-refractivity contribution in [3.63, 3.8) is 0 Å². The zero-order valence-corrected chi connectivity index (χ0v) is 13.1. The van der Waals surface area contributed by atoms with Crippen LogP contribution in [0.5, 0.6) is 0 Å². The Balaban J connectivity index is 1.69. The van der Waals surface area contributed by atoms with Gasteiger partial charge in [-0.05, 0) is 36.8 Å². The first-order valence-electron chi connectivity index (χ1n) is 7.57. The third kappa shape index (κ3) is 2.03. The van der Waals surface area contributed by atoms with Crippen LogP contribution in [0.15, 0.2) is 18.3 Å². The second-order valence-corrected chi connectivity index (χ2v) is 7.11. The average Bonchev–Trinajstić information content (AvgIpc) is 3.10. The van der Waals surface area contributed by atoms with Crippen molar-refractivity contribution < 1.29 is 9.90 Å². The number of nitrogens with zero attached hydrogens (tertiary/aromatic N) is 2. The van der Waals surface area contributed by atoms with Crippen LogP contribution in [-0.4, -0.2) is 39.2 Å². The lowest BCUT2D eigenvalue weighted by Gasteiger charge is -2.27. The van der Waals surface area contributed by atoms with Crippen molar-refractivity contribution >= 4 is 28.4 Å². The smallest absolute Gasteiger partial charge is 0.219 e. The van der Waals surface area contributed by atoms with Crippen molar-refractivity contribution in [3.05, 3.63) is 28.9 Å². The maximum Gasteiger partial charge on any atom is 0.219 e. The molecule has 2 aromatic rings. The van der Waals surface area contributed by atoms with E-state index < -0.39 is 5.60 Å². The molecule has 1 aliphatic heterocycles. The summed E-state index contributed by atoms with van der Waals surface area (Å²) in [5.41, 5.74) is 0.792. The lowest BCUT2D eigenvalue weighted by atomic mass is 9.89. The molecule has 2 heterocycles. The van der Waals surface area contributed by atoms with Gasteiger partial charge in [0.25, 0.3) is 0 Å². The first-order valence-corrected chi connectivity index (χ1v) is 7.95. The van der Waals surface area contributed by atoms with Gasteiger partial charge in [-0.15, -0.1) is 0 Å². The Hall–Kier alpha value is -1.59. The molecule has 22 heavy (non-hydrogen) atoms. The maximum atomic E-state index is 11.5. The van der Waals surface area contributed by atoms with Crippen LogP contribution in [0.2, 0.25) is 5.02 Å². The van der Waals surface area contributed by atoms with Gasteiger partial charge in [0.05, 0.1) is 17.3 Å². The Morgan fingerprint density at radius 1 is 1.41 bits per heavy atom. The van der Waals surface area contributed by atoms with Crippen LogP contribution in [0.4, 0.5) is 0 Å². The zero-order chi connectivity index (χ0) is 15.5. The molecule has 2 fully saturated rings. The Labute approximate surface area is 133 Å². The number of hydrogen-bond acceptors (Lipinski definition) is 3. The molecule has 5 nitrogen and oxygen atoms in total. The van der Waals surface area contributed by atoms with Gasteiger partial charge in [0, 0.05) is 36.0 Å². The second kappa shape index (κ2) is 4.70. The van der Waals surface area contributed by atoms with Crippen LogP contribution in [0.3, 0.4) is 0 Å². The first-order chi connectivity index (χ1) is 10.5. The van der Waals surface area contributed by atoms with Gasteiger partial charge in [-0.1, -0.05) is 11.6 Å². The van der Waals surface area contributed by atoms with E-state index in [-0.39, 0.29) is 5.91 Å². The van der Waals surface area contributed by atoms with Crippen molar-refractivity contribution in [2.24, 2.45) is 11.8 Å². The maximum absolute atomic E-state index is 11.5. The number of nitrogens with one attached hydrogen (secondary N) is 1. The van der Waals surface area contributed by atoms with E-state index in [4.69, 9.17) is 11.6 Å². The van der Waals surface area contributed by atoms with Crippen LogP contribution in [0, 0.1) is 11.8 Å². The fourth-order valence-corrected chi connectivity index (χ4v) is 4.44. The molecule has 1 aromatic heterocycles. The van der Waals surface area contributed by atoms with Gasteiger partial charge in [0.15, 0.2) is 0 Å². The Morgan fingerprint density at radius 3 is 2.73 bits per heavy atom. The molecule has 2 N–H and O–H groups in total. The van der Waals surface area contributed by atoms with E-state index >= 15 is 0 Å². The summed E-state index contributed by atoms with van der Waals surface area (Å²) in [5.74, 6) is 0.827. The molecule has 1 saturated heterocycles. The standard InChI is InChI=1S/C16H18ClN3O2/c1-9(21)20-7-11-4-16(22,5-12(11)8-20)14-3-13(17)2-10-6-18-19-15(10)14/h2-3,6,11-12,22H,4-5,7-8H2,1H3,(H,18,19)/t11-,12+,16+. The quantitative estimate of drug-likeness (QED) is 0.847. The lowest BCUT2D eigenvalue weighted by Crippen LogP contribution is -2.31. The van der Waals surface area contributed by atoms with Gasteiger partial charge in [-0.2, -0.15) is 5.10 Å². The number of hydrogen-bond donors (Lipinski definition) is 2. The van der Waals surface area contributed by atoms with E-state index in [0.29, 0.717) is 29.7 Å². The van der Waals surface area contributed by atoms with Gasteiger partial charge in [-0.25, -0.2) is 0 Å². The Kier molecular flexibility index (Phi) is 3.00. The van der Waals surface area contributed by atoms with Crippen molar-refractivity contribution in [1.82, 2.24) is 15.1 Å². The molecule has 116 valence electrons. The number of carbonyl (C=O) groups is 1. The molecule has 1 aromatic carbocycles. The molecule has 0 unspecified atom stereocenters. The first kappa shape index (κ1) is 14.0. The molecular weight excluding hydrogens is 302 g/mol. The monoisotopic (exact) mass is 319 g/mol. The number of aromatic amines is 1. The molecule has 3 atom stereocenters. The largest absolute Gasteiger partial charge is 0.385 e. The van der Waals surface area contributed by atoms with Crippen LogP contribution >= 0.6 is 11.6 Å². The van der Waals surface area contributed by atoms with Gasteiger partial charge >= 0.3 is 0 Å². The van der Waals surface area contributed by atoms with Crippen molar-refractivity contribution in [3.8, 4) is 0 Å². The third-order valence-corrected chi connectivity index (χ3v) is 5.45. The van der Waals surface area contributed by atoms with E-state index in [1.165, 1.54) is 0 Å². The van der Waals surface area contributed by atoms with E-state index in [9.17, 15) is 9.90 Å². The fourth-order valence-electron chi connectivity index (χ4n) is 4.22. The number of H-pyrrole nitrogens is 1. The highest BCUT2D eigenvalue weighted by atomic mass is 35.5. The number of rotatable bonds is 1. The molecule has 1 saturated carbocycles. The summed E-state index contributed by atoms with van der Waals surface area (Å²) >= 11 is 6.20. The zero-order valence-electron chi connectivity index (χ0n) is 12.3. The Bertz CT molecular complexity index is 743. The number of carbonyl (C=O) groups excluding carboxylic acids is 1. The molecular formula is C16H18ClN3O2. The molecule has 6 heteroatoms.